The Morgan fingerprint density at radius 1 is 0.943 bits per heavy atom. The molecule has 0 amide bonds. The van der Waals surface area contributed by atoms with E-state index in [2.05, 4.69) is 27.7 Å². The second kappa shape index (κ2) is 10.6. The number of halogens is 1. The van der Waals surface area contributed by atoms with E-state index in [0.717, 1.165) is 61.2 Å². The Morgan fingerprint density at radius 2 is 1.66 bits per heavy atom. The molecule has 10 atom stereocenters. The third-order valence-electron chi connectivity index (χ3n) is 11.4. The van der Waals surface area contributed by atoms with Gasteiger partial charge in [0.25, 0.3) is 0 Å². The normalized spacial score (nSPS) is 42.2. The molecule has 0 aromatic heterocycles. The molecular formula is C32H55FO2. The van der Waals surface area contributed by atoms with Crippen LogP contribution in [0.25, 0.3) is 0 Å². The van der Waals surface area contributed by atoms with Gasteiger partial charge in [-0.05, 0) is 131 Å². The molecule has 4 aliphatic rings. The molecule has 4 rings (SSSR count). The van der Waals surface area contributed by atoms with E-state index >= 15 is 0 Å². The molecule has 0 N–H and O–H groups in total. The third kappa shape index (κ3) is 5.50. The van der Waals surface area contributed by atoms with Crippen molar-refractivity contribution in [3.05, 3.63) is 0 Å². The molecule has 2 nitrogen and oxygen atoms in total. The maximum atomic E-state index is 14.5. The summed E-state index contributed by atoms with van der Waals surface area (Å²) in [5.41, 5.74) is -0.00167. The van der Waals surface area contributed by atoms with Crippen LogP contribution in [-0.2, 0) is 9.53 Å². The minimum absolute atomic E-state index is 0.00928. The van der Waals surface area contributed by atoms with Gasteiger partial charge in [-0.25, -0.2) is 0 Å². The molecule has 4 saturated carbocycles. The van der Waals surface area contributed by atoms with Crippen molar-refractivity contribution in [1.29, 1.82) is 0 Å². The standard InChI is InChI=1S/C32H55FO2/c1-20(2)9-8-10-21(3)28-13-14-29-27-17-22(19-33)26-18-23(35-30(34)31(4,5)6)11-12-24(26)25(27)15-16-32(28,29)7/h20-29H,8-19H2,1-7H3/t21-,22?,23+,24?,25-,26?,27-,28-,29+,32-/m1/s1. The van der Waals surface area contributed by atoms with Crippen molar-refractivity contribution in [2.45, 2.75) is 125 Å². The third-order valence-corrected chi connectivity index (χ3v) is 11.4. The topological polar surface area (TPSA) is 26.3 Å². The van der Waals surface area contributed by atoms with Gasteiger partial charge in [-0.3, -0.25) is 9.18 Å². The van der Waals surface area contributed by atoms with Crippen molar-refractivity contribution >= 4 is 5.97 Å². The molecule has 0 heterocycles. The summed E-state index contributed by atoms with van der Waals surface area (Å²) in [6.45, 7) is 15.4. The molecule has 0 aromatic carbocycles. The van der Waals surface area contributed by atoms with E-state index in [-0.39, 0.29) is 24.7 Å². The van der Waals surface area contributed by atoms with Crippen LogP contribution in [0.3, 0.4) is 0 Å². The summed E-state index contributed by atoms with van der Waals surface area (Å²) >= 11 is 0. The summed E-state index contributed by atoms with van der Waals surface area (Å²) in [5, 5.41) is 0. The highest BCUT2D eigenvalue weighted by Gasteiger charge is 2.59. The molecule has 0 saturated heterocycles. The number of fused-ring (bicyclic) bond motifs is 5. The Kier molecular flexibility index (Phi) is 8.34. The van der Waals surface area contributed by atoms with Gasteiger partial charge >= 0.3 is 5.97 Å². The summed E-state index contributed by atoms with van der Waals surface area (Å²) < 4.78 is 20.5. The van der Waals surface area contributed by atoms with Crippen molar-refractivity contribution in [3.8, 4) is 0 Å². The maximum absolute atomic E-state index is 14.5. The van der Waals surface area contributed by atoms with Gasteiger partial charge < -0.3 is 4.74 Å². The lowest BCUT2D eigenvalue weighted by atomic mass is 9.47. The van der Waals surface area contributed by atoms with E-state index in [9.17, 15) is 9.18 Å². The molecule has 0 radical (unpaired) electrons. The first-order valence-electron chi connectivity index (χ1n) is 15.2. The smallest absolute Gasteiger partial charge is 0.311 e. The Balaban J connectivity index is 1.43. The minimum Gasteiger partial charge on any atom is -0.462 e. The quantitative estimate of drug-likeness (QED) is 0.333. The summed E-state index contributed by atoms with van der Waals surface area (Å²) in [6.07, 6.45) is 13.7. The van der Waals surface area contributed by atoms with Crippen LogP contribution < -0.4 is 0 Å². The molecule has 0 spiro atoms. The Hall–Kier alpha value is -0.600. The average molecular weight is 491 g/mol. The monoisotopic (exact) mass is 490 g/mol. The van der Waals surface area contributed by atoms with E-state index in [1.54, 1.807) is 0 Å². The van der Waals surface area contributed by atoms with Gasteiger partial charge in [-0.15, -0.1) is 0 Å². The average Bonchev–Trinajstić information content (AvgIpc) is 3.14. The number of carbonyl (C=O) groups is 1. The first-order valence-corrected chi connectivity index (χ1v) is 15.2. The van der Waals surface area contributed by atoms with Crippen LogP contribution >= 0.6 is 0 Å². The number of rotatable bonds is 7. The SMILES string of the molecule is CC(C)CCC[C@@H](C)[C@H]1CC[C@H]2[C@@H]3CC(CF)C4C[C@@H](OC(=O)C(C)(C)C)CCC4[C@H]3CC[C@]12C. The fraction of sp³-hybridized carbons (Fsp3) is 0.969. The van der Waals surface area contributed by atoms with Crippen LogP contribution in [0.1, 0.15) is 119 Å². The highest BCUT2D eigenvalue weighted by Crippen LogP contribution is 2.66. The van der Waals surface area contributed by atoms with E-state index in [1.165, 1.54) is 44.9 Å². The van der Waals surface area contributed by atoms with Crippen molar-refractivity contribution < 1.29 is 13.9 Å². The molecule has 202 valence electrons. The zero-order valence-corrected chi connectivity index (χ0v) is 24.0. The number of hydrogen-bond donors (Lipinski definition) is 0. The Morgan fingerprint density at radius 3 is 2.31 bits per heavy atom. The van der Waals surface area contributed by atoms with Crippen LogP contribution in [0.5, 0.6) is 0 Å². The highest BCUT2D eigenvalue weighted by molar-refractivity contribution is 5.75. The Bertz CT molecular complexity index is 726. The van der Waals surface area contributed by atoms with Gasteiger partial charge in [-0.2, -0.15) is 0 Å². The predicted octanol–water partition coefficient (Wildman–Crippen LogP) is 8.87. The van der Waals surface area contributed by atoms with Crippen LogP contribution in [0.4, 0.5) is 4.39 Å². The zero-order valence-electron chi connectivity index (χ0n) is 24.0. The van der Waals surface area contributed by atoms with E-state index in [4.69, 9.17) is 4.74 Å². The molecule has 3 heteroatoms. The number of esters is 1. The van der Waals surface area contributed by atoms with Crippen LogP contribution in [-0.4, -0.2) is 18.7 Å². The van der Waals surface area contributed by atoms with E-state index in [0.29, 0.717) is 17.3 Å². The van der Waals surface area contributed by atoms with Crippen molar-refractivity contribution in [1.82, 2.24) is 0 Å². The van der Waals surface area contributed by atoms with Gasteiger partial charge in [0.1, 0.15) is 6.10 Å². The zero-order chi connectivity index (χ0) is 25.5. The van der Waals surface area contributed by atoms with E-state index in [1.807, 2.05) is 20.8 Å². The highest BCUT2D eigenvalue weighted by atomic mass is 19.1. The fourth-order valence-corrected chi connectivity index (χ4v) is 9.61. The van der Waals surface area contributed by atoms with Gasteiger partial charge in [0.05, 0.1) is 12.1 Å². The summed E-state index contributed by atoms with van der Waals surface area (Å²) in [6, 6.07) is 0. The molecular weight excluding hydrogens is 435 g/mol. The lowest BCUT2D eigenvalue weighted by Crippen LogP contribution is -2.52. The first kappa shape index (κ1) is 27.4. The second-order valence-electron chi connectivity index (χ2n) is 15.0. The van der Waals surface area contributed by atoms with Crippen molar-refractivity contribution in [2.24, 2.45) is 64.1 Å². The van der Waals surface area contributed by atoms with Crippen LogP contribution in [0, 0.1) is 64.1 Å². The number of hydrogen-bond acceptors (Lipinski definition) is 2. The summed E-state index contributed by atoms with van der Waals surface area (Å²) in [5.74, 6) is 5.90. The predicted molar refractivity (Wildman–Crippen MR) is 143 cm³/mol. The molecule has 4 aliphatic carbocycles. The molecule has 0 aromatic rings. The second-order valence-corrected chi connectivity index (χ2v) is 15.0. The minimum atomic E-state index is -0.466. The molecule has 0 aliphatic heterocycles. The van der Waals surface area contributed by atoms with Gasteiger partial charge in [0, 0.05) is 0 Å². The largest absolute Gasteiger partial charge is 0.462 e. The Labute approximate surface area is 215 Å². The number of alkyl halides is 1. The first-order chi connectivity index (χ1) is 16.5. The van der Waals surface area contributed by atoms with Gasteiger partial charge in [-0.1, -0.05) is 47.0 Å². The number of ether oxygens (including phenoxy) is 1. The maximum Gasteiger partial charge on any atom is 0.311 e. The van der Waals surface area contributed by atoms with E-state index < -0.39 is 5.41 Å². The summed E-state index contributed by atoms with van der Waals surface area (Å²) in [7, 11) is 0. The number of carbonyl (C=O) groups excluding carboxylic acids is 1. The van der Waals surface area contributed by atoms with Gasteiger partial charge in [0.15, 0.2) is 0 Å². The van der Waals surface area contributed by atoms with Crippen LogP contribution in [0.15, 0.2) is 0 Å². The van der Waals surface area contributed by atoms with Crippen molar-refractivity contribution in [3.63, 3.8) is 0 Å². The fourth-order valence-electron chi connectivity index (χ4n) is 9.61. The van der Waals surface area contributed by atoms with Crippen molar-refractivity contribution in [2.75, 3.05) is 6.67 Å². The molecule has 4 fully saturated rings. The van der Waals surface area contributed by atoms with Crippen LogP contribution in [0.2, 0.25) is 0 Å². The molecule has 35 heavy (non-hydrogen) atoms. The lowest BCUT2D eigenvalue weighted by molar-refractivity contribution is -0.166. The molecule has 0 bridgehead atoms. The van der Waals surface area contributed by atoms with Gasteiger partial charge in [0.2, 0.25) is 0 Å². The summed E-state index contributed by atoms with van der Waals surface area (Å²) in [4.78, 5) is 12.5. The molecule has 3 unspecified atom stereocenters. The lowest BCUT2D eigenvalue weighted by Gasteiger charge is -2.58.